The molecule has 0 aliphatic carbocycles. The maximum Gasteiger partial charge on any atom is 0.160 e. The number of aryl methyl sites for hydroxylation is 1. The summed E-state index contributed by atoms with van der Waals surface area (Å²) in [5.74, 6) is 0.660. The number of thiophene rings is 1. The SMILES string of the molecule is Cc1sc(C=O)cc1COc1ccccc1Cl. The topological polar surface area (TPSA) is 26.3 Å². The normalized spacial score (nSPS) is 10.2. The van der Waals surface area contributed by atoms with E-state index in [0.717, 1.165) is 21.6 Å². The van der Waals surface area contributed by atoms with E-state index < -0.39 is 0 Å². The first-order valence-corrected chi connectivity index (χ1v) is 6.32. The van der Waals surface area contributed by atoms with Crippen LogP contribution in [0.2, 0.25) is 5.02 Å². The first-order valence-electron chi connectivity index (χ1n) is 5.12. The minimum Gasteiger partial charge on any atom is -0.487 e. The van der Waals surface area contributed by atoms with Crippen molar-refractivity contribution >= 4 is 29.2 Å². The van der Waals surface area contributed by atoms with Gasteiger partial charge in [-0.2, -0.15) is 0 Å². The van der Waals surface area contributed by atoms with Crippen molar-refractivity contribution in [2.24, 2.45) is 0 Å². The molecule has 2 aromatic rings. The van der Waals surface area contributed by atoms with Crippen LogP contribution in [0.4, 0.5) is 0 Å². The largest absolute Gasteiger partial charge is 0.487 e. The predicted octanol–water partition coefficient (Wildman–Crippen LogP) is 4.10. The van der Waals surface area contributed by atoms with E-state index in [1.165, 1.54) is 11.3 Å². The van der Waals surface area contributed by atoms with Crippen molar-refractivity contribution in [1.82, 2.24) is 0 Å². The molecule has 17 heavy (non-hydrogen) atoms. The van der Waals surface area contributed by atoms with Gasteiger partial charge in [-0.15, -0.1) is 11.3 Å². The molecule has 2 rings (SSSR count). The summed E-state index contributed by atoms with van der Waals surface area (Å²) in [6.45, 7) is 2.41. The van der Waals surface area contributed by atoms with Crippen LogP contribution in [0.3, 0.4) is 0 Å². The molecular formula is C13H11ClO2S. The number of ether oxygens (including phenoxy) is 1. The molecule has 0 atom stereocenters. The summed E-state index contributed by atoms with van der Waals surface area (Å²) in [5, 5.41) is 0.594. The second-order valence-corrected chi connectivity index (χ2v) is 5.26. The van der Waals surface area contributed by atoms with Gasteiger partial charge >= 0.3 is 0 Å². The van der Waals surface area contributed by atoms with Crippen molar-refractivity contribution in [3.63, 3.8) is 0 Å². The van der Waals surface area contributed by atoms with Crippen LogP contribution < -0.4 is 4.74 Å². The van der Waals surface area contributed by atoms with Crippen molar-refractivity contribution < 1.29 is 9.53 Å². The summed E-state index contributed by atoms with van der Waals surface area (Å²) in [6.07, 6.45) is 0.858. The Kier molecular flexibility index (Phi) is 3.82. The molecule has 1 aromatic carbocycles. The van der Waals surface area contributed by atoms with Crippen molar-refractivity contribution in [1.29, 1.82) is 0 Å². The molecule has 0 spiro atoms. The van der Waals surface area contributed by atoms with Gasteiger partial charge in [0.2, 0.25) is 0 Å². The molecule has 0 bridgehead atoms. The third kappa shape index (κ3) is 2.87. The third-order valence-electron chi connectivity index (χ3n) is 2.38. The number of benzene rings is 1. The van der Waals surface area contributed by atoms with Gasteiger partial charge in [-0.3, -0.25) is 4.79 Å². The number of halogens is 1. The zero-order chi connectivity index (χ0) is 12.3. The van der Waals surface area contributed by atoms with Gasteiger partial charge in [-0.1, -0.05) is 23.7 Å². The highest BCUT2D eigenvalue weighted by atomic mass is 35.5. The molecule has 1 aromatic heterocycles. The molecule has 0 aliphatic heterocycles. The van der Waals surface area contributed by atoms with Gasteiger partial charge in [0.05, 0.1) is 9.90 Å². The summed E-state index contributed by atoms with van der Waals surface area (Å²) < 4.78 is 5.62. The summed E-state index contributed by atoms with van der Waals surface area (Å²) in [4.78, 5) is 12.5. The third-order valence-corrected chi connectivity index (χ3v) is 3.71. The van der Waals surface area contributed by atoms with Crippen LogP contribution in [0.1, 0.15) is 20.1 Å². The van der Waals surface area contributed by atoms with E-state index in [0.29, 0.717) is 17.4 Å². The molecule has 0 unspecified atom stereocenters. The quantitative estimate of drug-likeness (QED) is 0.779. The smallest absolute Gasteiger partial charge is 0.160 e. The lowest BCUT2D eigenvalue weighted by Crippen LogP contribution is -1.95. The van der Waals surface area contributed by atoms with Gasteiger partial charge in [-0.05, 0) is 25.1 Å². The highest BCUT2D eigenvalue weighted by molar-refractivity contribution is 7.13. The number of carbonyl (C=O) groups is 1. The van der Waals surface area contributed by atoms with Gasteiger partial charge < -0.3 is 4.74 Å². The average molecular weight is 267 g/mol. The van der Waals surface area contributed by atoms with Crippen LogP contribution in [0.25, 0.3) is 0 Å². The van der Waals surface area contributed by atoms with Crippen LogP contribution in [-0.2, 0) is 6.61 Å². The van der Waals surface area contributed by atoms with E-state index >= 15 is 0 Å². The van der Waals surface area contributed by atoms with Gasteiger partial charge in [0.1, 0.15) is 12.4 Å². The second-order valence-electron chi connectivity index (χ2n) is 3.57. The minimum atomic E-state index is 0.430. The van der Waals surface area contributed by atoms with Gasteiger partial charge in [0.25, 0.3) is 0 Å². The fourth-order valence-corrected chi connectivity index (χ4v) is 2.51. The van der Waals surface area contributed by atoms with E-state index in [2.05, 4.69) is 0 Å². The number of hydrogen-bond donors (Lipinski definition) is 0. The first kappa shape index (κ1) is 12.1. The van der Waals surface area contributed by atoms with E-state index in [-0.39, 0.29) is 0 Å². The van der Waals surface area contributed by atoms with Crippen molar-refractivity contribution in [3.8, 4) is 5.75 Å². The first-order chi connectivity index (χ1) is 8.20. The maximum absolute atomic E-state index is 10.6. The zero-order valence-electron chi connectivity index (χ0n) is 9.27. The molecule has 0 N–H and O–H groups in total. The fourth-order valence-electron chi connectivity index (χ4n) is 1.46. The standard InChI is InChI=1S/C13H11ClO2S/c1-9-10(6-11(7-15)17-9)8-16-13-5-3-2-4-12(13)14/h2-7H,8H2,1H3. The summed E-state index contributed by atoms with van der Waals surface area (Å²) in [5.41, 5.74) is 1.03. The van der Waals surface area contributed by atoms with E-state index in [4.69, 9.17) is 16.3 Å². The number of hydrogen-bond acceptors (Lipinski definition) is 3. The zero-order valence-corrected chi connectivity index (χ0v) is 10.8. The number of rotatable bonds is 4. The van der Waals surface area contributed by atoms with Crippen molar-refractivity contribution in [2.75, 3.05) is 0 Å². The molecule has 88 valence electrons. The summed E-state index contributed by atoms with van der Waals surface area (Å²) in [7, 11) is 0. The molecule has 1 heterocycles. The number of carbonyl (C=O) groups excluding carboxylic acids is 1. The predicted molar refractivity (Wildman–Crippen MR) is 70.2 cm³/mol. The van der Waals surface area contributed by atoms with Crippen LogP contribution in [-0.4, -0.2) is 6.29 Å². The highest BCUT2D eigenvalue weighted by Crippen LogP contribution is 2.26. The molecule has 0 aliphatic rings. The van der Waals surface area contributed by atoms with Gasteiger partial charge in [-0.25, -0.2) is 0 Å². The second kappa shape index (κ2) is 5.34. The Morgan fingerprint density at radius 3 is 2.82 bits per heavy atom. The maximum atomic E-state index is 10.6. The van der Waals surface area contributed by atoms with Crippen LogP contribution in [0, 0.1) is 6.92 Å². The van der Waals surface area contributed by atoms with E-state index in [9.17, 15) is 4.79 Å². The monoisotopic (exact) mass is 266 g/mol. The van der Waals surface area contributed by atoms with Crippen LogP contribution in [0.15, 0.2) is 30.3 Å². The lowest BCUT2D eigenvalue weighted by atomic mass is 10.2. The van der Waals surface area contributed by atoms with Crippen molar-refractivity contribution in [3.05, 3.63) is 50.7 Å². The number of aldehydes is 1. The Hall–Kier alpha value is -1.32. The van der Waals surface area contributed by atoms with Crippen LogP contribution >= 0.6 is 22.9 Å². The molecule has 0 saturated heterocycles. The Balaban J connectivity index is 2.09. The van der Waals surface area contributed by atoms with Crippen LogP contribution in [0.5, 0.6) is 5.75 Å². The summed E-state index contributed by atoms with van der Waals surface area (Å²) in [6, 6.07) is 9.19. The van der Waals surface area contributed by atoms with E-state index in [1.54, 1.807) is 6.07 Å². The lowest BCUT2D eigenvalue weighted by Gasteiger charge is -2.07. The van der Waals surface area contributed by atoms with Gasteiger partial charge in [0, 0.05) is 10.4 Å². The molecule has 0 fully saturated rings. The molecule has 0 radical (unpaired) electrons. The Labute approximate surface area is 109 Å². The molecule has 2 nitrogen and oxygen atoms in total. The Morgan fingerprint density at radius 1 is 1.41 bits per heavy atom. The number of para-hydroxylation sites is 1. The van der Waals surface area contributed by atoms with E-state index in [1.807, 2.05) is 31.2 Å². The summed E-state index contributed by atoms with van der Waals surface area (Å²) >= 11 is 7.46. The highest BCUT2D eigenvalue weighted by Gasteiger charge is 2.06. The molecule has 0 amide bonds. The fraction of sp³-hybridized carbons (Fsp3) is 0.154. The Bertz CT molecular complexity index is 534. The Morgan fingerprint density at radius 2 is 2.18 bits per heavy atom. The molecule has 4 heteroatoms. The van der Waals surface area contributed by atoms with Crippen molar-refractivity contribution in [2.45, 2.75) is 13.5 Å². The van der Waals surface area contributed by atoms with Gasteiger partial charge in [0.15, 0.2) is 6.29 Å². The average Bonchev–Trinajstić information content (AvgIpc) is 2.69. The lowest BCUT2D eigenvalue weighted by molar-refractivity contribution is 0.112. The molecular weight excluding hydrogens is 256 g/mol. The minimum absolute atomic E-state index is 0.430. The molecule has 0 saturated carbocycles.